The summed E-state index contributed by atoms with van der Waals surface area (Å²) >= 11 is 0. The van der Waals surface area contributed by atoms with Gasteiger partial charge in [0.05, 0.1) is 11.0 Å². The van der Waals surface area contributed by atoms with E-state index in [1.165, 1.54) is 19.1 Å². The molecule has 0 aliphatic rings. The minimum Gasteiger partial charge on any atom is -0.319 e. The summed E-state index contributed by atoms with van der Waals surface area (Å²) < 4.78 is 96.0. The summed E-state index contributed by atoms with van der Waals surface area (Å²) in [6.07, 6.45) is -5.47. The van der Waals surface area contributed by atoms with Gasteiger partial charge in [0.2, 0.25) is 11.6 Å². The predicted molar refractivity (Wildman–Crippen MR) is 105 cm³/mol. The van der Waals surface area contributed by atoms with Crippen LogP contribution in [-0.4, -0.2) is 15.5 Å². The average Bonchev–Trinajstić information content (AvgIpc) is 2.72. The zero-order valence-corrected chi connectivity index (χ0v) is 17.4. The van der Waals surface area contributed by atoms with Crippen molar-refractivity contribution in [3.63, 3.8) is 0 Å². The number of carbonyl (C=O) groups excluding carboxylic acids is 1. The zero-order chi connectivity index (χ0) is 24.8. The Labute approximate surface area is 181 Å². The van der Waals surface area contributed by atoms with Crippen molar-refractivity contribution in [2.24, 2.45) is 0 Å². The highest BCUT2D eigenvalue weighted by Gasteiger charge is 2.39. The van der Waals surface area contributed by atoms with E-state index in [9.17, 15) is 40.3 Å². The molecule has 1 aromatic heterocycles. The van der Waals surface area contributed by atoms with Gasteiger partial charge in [0.1, 0.15) is 11.7 Å². The SMILES string of the molecule is CC[C@H](C(=O)Nc1c(F)c(F)cc(F)c1F)n1c(=O)c(C(F)(F)F)nc2cc(C)c(C)cc21. The van der Waals surface area contributed by atoms with E-state index in [1.54, 1.807) is 19.2 Å². The first-order valence-corrected chi connectivity index (χ1v) is 9.52. The number of halogens is 7. The highest BCUT2D eigenvalue weighted by molar-refractivity contribution is 5.95. The fourth-order valence-electron chi connectivity index (χ4n) is 3.33. The van der Waals surface area contributed by atoms with Gasteiger partial charge in [-0.1, -0.05) is 6.92 Å². The molecule has 0 spiro atoms. The molecule has 0 aliphatic carbocycles. The van der Waals surface area contributed by atoms with E-state index in [-0.39, 0.29) is 23.5 Å². The van der Waals surface area contributed by atoms with Crippen LogP contribution < -0.4 is 10.9 Å². The third-order valence-electron chi connectivity index (χ3n) is 5.13. The number of anilines is 1. The van der Waals surface area contributed by atoms with Crippen molar-refractivity contribution in [2.75, 3.05) is 5.32 Å². The molecular formula is C21H16F7N3O2. The lowest BCUT2D eigenvalue weighted by atomic mass is 10.1. The van der Waals surface area contributed by atoms with Gasteiger partial charge in [-0.25, -0.2) is 22.5 Å². The van der Waals surface area contributed by atoms with E-state index in [0.717, 1.165) is 0 Å². The maximum absolute atomic E-state index is 14.0. The number of alkyl halides is 3. The summed E-state index contributed by atoms with van der Waals surface area (Å²) in [6, 6.07) is 0.843. The first-order valence-electron chi connectivity index (χ1n) is 9.52. The molecule has 12 heteroatoms. The van der Waals surface area contributed by atoms with Crippen molar-refractivity contribution >= 4 is 22.6 Å². The molecule has 5 nitrogen and oxygen atoms in total. The van der Waals surface area contributed by atoms with Crippen molar-refractivity contribution in [2.45, 2.75) is 39.4 Å². The number of amides is 1. The Bertz CT molecular complexity index is 1310. The summed E-state index contributed by atoms with van der Waals surface area (Å²) in [5.74, 6) is -8.78. The summed E-state index contributed by atoms with van der Waals surface area (Å²) in [6.45, 7) is 4.55. The Balaban J connectivity index is 2.25. The molecule has 1 N–H and O–H groups in total. The molecule has 0 radical (unpaired) electrons. The molecule has 0 bridgehead atoms. The van der Waals surface area contributed by atoms with Gasteiger partial charge in [-0.05, 0) is 43.5 Å². The first kappa shape index (κ1) is 24.2. The molecule has 33 heavy (non-hydrogen) atoms. The lowest BCUT2D eigenvalue weighted by Gasteiger charge is -2.22. The molecule has 2 aromatic carbocycles. The maximum atomic E-state index is 14.0. The van der Waals surface area contributed by atoms with Gasteiger partial charge >= 0.3 is 6.18 Å². The zero-order valence-electron chi connectivity index (χ0n) is 17.4. The predicted octanol–water partition coefficient (Wildman–Crippen LogP) is 5.18. The van der Waals surface area contributed by atoms with E-state index in [0.29, 0.717) is 15.7 Å². The number of rotatable bonds is 4. The lowest BCUT2D eigenvalue weighted by molar-refractivity contribution is -0.142. The van der Waals surface area contributed by atoms with Crippen molar-refractivity contribution in [3.8, 4) is 0 Å². The Morgan fingerprint density at radius 2 is 1.58 bits per heavy atom. The van der Waals surface area contributed by atoms with Crippen LogP contribution in [0.3, 0.4) is 0 Å². The minimum absolute atomic E-state index is 0.0702. The van der Waals surface area contributed by atoms with Crippen LogP contribution in [-0.2, 0) is 11.0 Å². The van der Waals surface area contributed by atoms with Crippen molar-refractivity contribution in [1.82, 2.24) is 9.55 Å². The fourth-order valence-corrected chi connectivity index (χ4v) is 3.33. The summed E-state index contributed by atoms with van der Waals surface area (Å²) in [4.78, 5) is 29.0. The monoisotopic (exact) mass is 475 g/mol. The first-order chi connectivity index (χ1) is 15.3. The van der Waals surface area contributed by atoms with E-state index in [1.807, 2.05) is 0 Å². The standard InChI is InChI=1S/C21H16F7N3O2/c1-4-13(19(32)30-17-15(24)10(22)7-11(23)16(17)25)31-14-6-9(3)8(2)5-12(14)29-18(20(31)33)21(26,27)28/h5-7,13H,4H2,1-3H3,(H,30,32)/t13-/m1/s1. The Hall–Kier alpha value is -3.44. The molecule has 0 saturated heterocycles. The van der Waals surface area contributed by atoms with Gasteiger partial charge in [-0.15, -0.1) is 0 Å². The van der Waals surface area contributed by atoms with Gasteiger partial charge in [0, 0.05) is 6.07 Å². The largest absolute Gasteiger partial charge is 0.438 e. The number of nitrogens with one attached hydrogen (secondary N) is 1. The number of aromatic nitrogens is 2. The average molecular weight is 475 g/mol. The molecule has 176 valence electrons. The van der Waals surface area contributed by atoms with Crippen LogP contribution in [0.1, 0.15) is 36.2 Å². The number of carbonyl (C=O) groups is 1. The molecule has 1 atom stereocenters. The Morgan fingerprint density at radius 3 is 2.09 bits per heavy atom. The molecule has 1 heterocycles. The fraction of sp³-hybridized carbons (Fsp3) is 0.286. The number of aryl methyl sites for hydroxylation is 2. The number of benzene rings is 2. The Kier molecular flexibility index (Phi) is 6.22. The van der Waals surface area contributed by atoms with Gasteiger partial charge in [-0.2, -0.15) is 13.2 Å². The topological polar surface area (TPSA) is 64.0 Å². The van der Waals surface area contributed by atoms with E-state index >= 15 is 0 Å². The summed E-state index contributed by atoms with van der Waals surface area (Å²) in [5.41, 5.74) is -4.17. The van der Waals surface area contributed by atoms with E-state index in [4.69, 9.17) is 0 Å². The van der Waals surface area contributed by atoms with E-state index in [2.05, 4.69) is 4.98 Å². The second-order valence-electron chi connectivity index (χ2n) is 7.31. The van der Waals surface area contributed by atoms with Crippen molar-refractivity contribution in [1.29, 1.82) is 0 Å². The van der Waals surface area contributed by atoms with Crippen LogP contribution in [0.15, 0.2) is 23.0 Å². The highest BCUT2D eigenvalue weighted by atomic mass is 19.4. The molecule has 3 aromatic rings. The second-order valence-corrected chi connectivity index (χ2v) is 7.31. The maximum Gasteiger partial charge on any atom is 0.438 e. The van der Waals surface area contributed by atoms with Crippen LogP contribution >= 0.6 is 0 Å². The highest BCUT2D eigenvalue weighted by Crippen LogP contribution is 2.30. The van der Waals surface area contributed by atoms with Crippen LogP contribution in [0.5, 0.6) is 0 Å². The number of hydrogen-bond acceptors (Lipinski definition) is 3. The number of fused-ring (bicyclic) bond motifs is 1. The van der Waals surface area contributed by atoms with Crippen LogP contribution in [0, 0.1) is 37.1 Å². The van der Waals surface area contributed by atoms with Gasteiger partial charge in [0.15, 0.2) is 23.3 Å². The lowest BCUT2D eigenvalue weighted by Crippen LogP contribution is -2.38. The third-order valence-corrected chi connectivity index (χ3v) is 5.13. The number of hydrogen-bond donors (Lipinski definition) is 1. The molecule has 1 amide bonds. The molecular weight excluding hydrogens is 459 g/mol. The van der Waals surface area contributed by atoms with Crippen molar-refractivity contribution in [3.05, 3.63) is 68.6 Å². The molecule has 0 aliphatic heterocycles. The third kappa shape index (κ3) is 4.29. The van der Waals surface area contributed by atoms with Gasteiger partial charge < -0.3 is 5.32 Å². The molecule has 0 saturated carbocycles. The van der Waals surface area contributed by atoms with E-state index < -0.39 is 58.3 Å². The molecule has 3 rings (SSSR count). The number of nitrogens with zero attached hydrogens (tertiary/aromatic N) is 2. The smallest absolute Gasteiger partial charge is 0.319 e. The van der Waals surface area contributed by atoms with Gasteiger partial charge in [-0.3, -0.25) is 14.2 Å². The summed E-state index contributed by atoms with van der Waals surface area (Å²) in [7, 11) is 0. The summed E-state index contributed by atoms with van der Waals surface area (Å²) in [5, 5.41) is 1.66. The van der Waals surface area contributed by atoms with Crippen LogP contribution in [0.4, 0.5) is 36.4 Å². The molecule has 0 unspecified atom stereocenters. The Morgan fingerprint density at radius 1 is 1.03 bits per heavy atom. The quantitative estimate of drug-likeness (QED) is 0.418. The van der Waals surface area contributed by atoms with Crippen LogP contribution in [0.25, 0.3) is 11.0 Å². The van der Waals surface area contributed by atoms with Gasteiger partial charge in [0.25, 0.3) is 5.56 Å². The second kappa shape index (κ2) is 8.49. The minimum atomic E-state index is -5.16. The van der Waals surface area contributed by atoms with Crippen LogP contribution in [0.2, 0.25) is 0 Å². The molecule has 0 fully saturated rings. The normalized spacial score (nSPS) is 12.8. The van der Waals surface area contributed by atoms with Crippen molar-refractivity contribution < 1.29 is 35.5 Å².